The molecule has 1 aliphatic carbocycles. The van der Waals surface area contributed by atoms with Crippen molar-refractivity contribution in [3.05, 3.63) is 45.6 Å². The summed E-state index contributed by atoms with van der Waals surface area (Å²) >= 11 is 0. The smallest absolute Gasteiger partial charge is 0.138 e. The lowest BCUT2D eigenvalue weighted by atomic mass is 9.89. The largest absolute Gasteiger partial charge is 0.361 e. The summed E-state index contributed by atoms with van der Waals surface area (Å²) < 4.78 is 5.34. The third-order valence-electron chi connectivity index (χ3n) is 4.90. The fourth-order valence-corrected chi connectivity index (χ4v) is 3.88. The van der Waals surface area contributed by atoms with E-state index in [1.165, 1.54) is 29.7 Å². The molecule has 4 nitrogen and oxygen atoms in total. The second-order valence-electron chi connectivity index (χ2n) is 7.23. The number of hydrogen-bond acceptors (Lipinski definition) is 4. The van der Waals surface area contributed by atoms with Gasteiger partial charge in [0.05, 0.1) is 5.69 Å². The lowest BCUT2D eigenvalue weighted by Crippen LogP contribution is -2.37. The van der Waals surface area contributed by atoms with Gasteiger partial charge in [0.15, 0.2) is 0 Å². The zero-order valence-corrected chi connectivity index (χ0v) is 14.9. The Balaban J connectivity index is 1.85. The van der Waals surface area contributed by atoms with E-state index < -0.39 is 0 Å². The fourth-order valence-electron chi connectivity index (χ4n) is 3.88. The van der Waals surface area contributed by atoms with Crippen LogP contribution in [0.3, 0.4) is 0 Å². The van der Waals surface area contributed by atoms with Crippen molar-refractivity contribution in [1.29, 1.82) is 0 Å². The van der Waals surface area contributed by atoms with Gasteiger partial charge in [-0.1, -0.05) is 5.16 Å². The molecular weight excluding hydrogens is 286 g/mol. The monoisotopic (exact) mass is 313 g/mol. The maximum atomic E-state index is 5.34. The quantitative estimate of drug-likeness (QED) is 0.930. The van der Waals surface area contributed by atoms with E-state index in [4.69, 9.17) is 9.51 Å². The van der Waals surface area contributed by atoms with Gasteiger partial charge in [-0.2, -0.15) is 0 Å². The molecule has 0 radical (unpaired) electrons. The zero-order valence-electron chi connectivity index (χ0n) is 14.9. The summed E-state index contributed by atoms with van der Waals surface area (Å²) in [6.07, 6.45) is 4.82. The second-order valence-corrected chi connectivity index (χ2v) is 7.23. The minimum Gasteiger partial charge on any atom is -0.361 e. The second kappa shape index (κ2) is 6.08. The highest BCUT2D eigenvalue weighted by atomic mass is 16.5. The number of nitrogens with zero attached hydrogens (tertiary/aromatic N) is 2. The van der Waals surface area contributed by atoms with Crippen LogP contribution in [0.4, 0.5) is 0 Å². The highest BCUT2D eigenvalue weighted by Gasteiger charge is 2.28. The van der Waals surface area contributed by atoms with Crippen molar-refractivity contribution in [2.24, 2.45) is 0 Å². The van der Waals surface area contributed by atoms with Gasteiger partial charge in [-0.25, -0.2) is 0 Å². The van der Waals surface area contributed by atoms with Crippen molar-refractivity contribution >= 4 is 0 Å². The van der Waals surface area contributed by atoms with E-state index in [9.17, 15) is 0 Å². The molecule has 1 N–H and O–H groups in total. The van der Waals surface area contributed by atoms with Gasteiger partial charge in [0.2, 0.25) is 0 Å². The van der Waals surface area contributed by atoms with E-state index in [0.717, 1.165) is 42.1 Å². The van der Waals surface area contributed by atoms with Gasteiger partial charge in [0, 0.05) is 29.0 Å². The highest BCUT2D eigenvalue weighted by Crippen LogP contribution is 2.29. The predicted molar refractivity (Wildman–Crippen MR) is 91.5 cm³/mol. The van der Waals surface area contributed by atoms with Crippen molar-refractivity contribution in [3.8, 4) is 0 Å². The van der Waals surface area contributed by atoms with Crippen molar-refractivity contribution in [2.45, 2.75) is 72.4 Å². The van der Waals surface area contributed by atoms with E-state index in [1.807, 2.05) is 13.8 Å². The van der Waals surface area contributed by atoms with Crippen LogP contribution in [0, 0.1) is 20.8 Å². The minimum absolute atomic E-state index is 0.174. The average Bonchev–Trinajstić information content (AvgIpc) is 2.84. The first-order chi connectivity index (χ1) is 10.9. The molecule has 4 heteroatoms. The van der Waals surface area contributed by atoms with Crippen molar-refractivity contribution in [3.63, 3.8) is 0 Å². The number of rotatable bonds is 4. The van der Waals surface area contributed by atoms with Crippen LogP contribution in [0.15, 0.2) is 10.6 Å². The number of fused-ring (bicyclic) bond motifs is 1. The standard InChI is InChI=1S/C19H27N3O/c1-12-10-15(16-8-6-7-9-17(16)21-12)11-20-19(4,5)18-13(2)22-23-14(18)3/h10,20H,6-9,11H2,1-5H3. The van der Waals surface area contributed by atoms with Gasteiger partial charge < -0.3 is 9.84 Å². The van der Waals surface area contributed by atoms with Crippen molar-refractivity contribution in [1.82, 2.24) is 15.5 Å². The maximum Gasteiger partial charge on any atom is 0.138 e. The van der Waals surface area contributed by atoms with Gasteiger partial charge in [-0.15, -0.1) is 0 Å². The lowest BCUT2D eigenvalue weighted by molar-refractivity contribution is 0.371. The first-order valence-electron chi connectivity index (χ1n) is 8.55. The molecule has 0 saturated carbocycles. The third kappa shape index (κ3) is 3.18. The lowest BCUT2D eigenvalue weighted by Gasteiger charge is -2.28. The minimum atomic E-state index is -0.174. The molecule has 0 saturated heterocycles. The van der Waals surface area contributed by atoms with E-state index in [0.29, 0.717) is 0 Å². The van der Waals surface area contributed by atoms with Crippen LogP contribution in [0.25, 0.3) is 0 Å². The molecule has 124 valence electrons. The van der Waals surface area contributed by atoms with Crippen molar-refractivity contribution < 1.29 is 4.52 Å². The summed E-state index contributed by atoms with van der Waals surface area (Å²) in [5.74, 6) is 0.896. The number of nitrogens with one attached hydrogen (secondary N) is 1. The molecule has 0 fully saturated rings. The zero-order chi connectivity index (χ0) is 16.6. The van der Waals surface area contributed by atoms with E-state index in [2.05, 4.69) is 37.3 Å². The average molecular weight is 313 g/mol. The maximum absolute atomic E-state index is 5.34. The summed E-state index contributed by atoms with van der Waals surface area (Å²) in [6.45, 7) is 11.3. The molecule has 0 atom stereocenters. The van der Waals surface area contributed by atoms with Crippen LogP contribution >= 0.6 is 0 Å². The number of aromatic nitrogens is 2. The first kappa shape index (κ1) is 16.2. The Bertz CT molecular complexity index is 696. The molecule has 0 amide bonds. The molecule has 0 spiro atoms. The van der Waals surface area contributed by atoms with E-state index in [1.54, 1.807) is 0 Å². The van der Waals surface area contributed by atoms with Gasteiger partial charge in [0.1, 0.15) is 5.76 Å². The first-order valence-corrected chi connectivity index (χ1v) is 8.55. The molecule has 2 aromatic heterocycles. The van der Waals surface area contributed by atoms with Gasteiger partial charge in [0.25, 0.3) is 0 Å². The SMILES string of the molecule is Cc1cc(CNC(C)(C)c2c(C)noc2C)c2c(n1)CCCC2. The Kier molecular flexibility index (Phi) is 4.28. The Hall–Kier alpha value is -1.68. The third-order valence-corrected chi connectivity index (χ3v) is 4.90. The van der Waals surface area contributed by atoms with Crippen LogP contribution in [0.1, 0.15) is 66.2 Å². The van der Waals surface area contributed by atoms with E-state index in [-0.39, 0.29) is 5.54 Å². The summed E-state index contributed by atoms with van der Waals surface area (Å²) in [6, 6.07) is 2.24. The Morgan fingerprint density at radius 1 is 1.17 bits per heavy atom. The molecule has 2 heterocycles. The Labute approximate surface area is 138 Å². The molecule has 3 rings (SSSR count). The number of pyridine rings is 1. The summed E-state index contributed by atoms with van der Waals surface area (Å²) in [5.41, 5.74) is 7.24. The van der Waals surface area contributed by atoms with Crippen LogP contribution < -0.4 is 5.32 Å². The Morgan fingerprint density at radius 2 is 1.91 bits per heavy atom. The molecular formula is C19H27N3O. The van der Waals surface area contributed by atoms with Crippen LogP contribution in [0.5, 0.6) is 0 Å². The predicted octanol–water partition coefficient (Wildman–Crippen LogP) is 3.90. The van der Waals surface area contributed by atoms with Crippen LogP contribution in [0.2, 0.25) is 0 Å². The van der Waals surface area contributed by atoms with Crippen LogP contribution in [-0.4, -0.2) is 10.1 Å². The summed E-state index contributed by atoms with van der Waals surface area (Å²) in [4.78, 5) is 4.74. The van der Waals surface area contributed by atoms with Gasteiger partial charge in [-0.3, -0.25) is 4.98 Å². The molecule has 2 aromatic rings. The van der Waals surface area contributed by atoms with Crippen LogP contribution in [-0.2, 0) is 24.9 Å². The Morgan fingerprint density at radius 3 is 2.61 bits per heavy atom. The molecule has 0 bridgehead atoms. The molecule has 1 aliphatic rings. The van der Waals surface area contributed by atoms with E-state index >= 15 is 0 Å². The summed E-state index contributed by atoms with van der Waals surface area (Å²) in [7, 11) is 0. The van der Waals surface area contributed by atoms with Gasteiger partial charge in [-0.05, 0) is 77.5 Å². The molecule has 0 unspecified atom stereocenters. The normalized spacial score (nSPS) is 14.8. The highest BCUT2D eigenvalue weighted by molar-refractivity contribution is 5.35. The van der Waals surface area contributed by atoms with Gasteiger partial charge >= 0.3 is 0 Å². The number of aryl methyl sites for hydroxylation is 4. The summed E-state index contributed by atoms with van der Waals surface area (Å²) in [5, 5.41) is 7.81. The molecule has 0 aliphatic heterocycles. The number of hydrogen-bond donors (Lipinski definition) is 1. The molecule has 0 aromatic carbocycles. The van der Waals surface area contributed by atoms with Crippen molar-refractivity contribution in [2.75, 3.05) is 0 Å². The topological polar surface area (TPSA) is 51.0 Å². The fraction of sp³-hybridized carbons (Fsp3) is 0.579. The molecule has 23 heavy (non-hydrogen) atoms.